The Morgan fingerprint density at radius 1 is 0.260 bits per heavy atom. The number of rotatable bonds is 0. The van der Waals surface area contributed by atoms with Crippen molar-refractivity contribution in [3.8, 4) is 0 Å². The Hall–Kier alpha value is -6.24. The van der Waals surface area contributed by atoms with Crippen molar-refractivity contribution in [2.75, 3.05) is 26.4 Å². The first-order valence-electron chi connectivity index (χ1n) is 33.2. The zero-order valence-electron chi connectivity index (χ0n) is 64.1. The van der Waals surface area contributed by atoms with E-state index in [1.807, 2.05) is 62.3 Å². The van der Waals surface area contributed by atoms with Crippen molar-refractivity contribution in [1.82, 2.24) is 0 Å². The first-order chi connectivity index (χ1) is 46.5. The molecule has 0 aromatic heterocycles. The molecule has 25 heteroatoms. The van der Waals surface area contributed by atoms with E-state index in [2.05, 4.69) is 43.4 Å². The lowest BCUT2D eigenvalue weighted by atomic mass is 9.58. The molecular weight excluding hydrogens is 1410 g/mol. The Labute approximate surface area is 602 Å². The van der Waals surface area contributed by atoms with Gasteiger partial charge in [-0.3, -0.25) is 0 Å². The van der Waals surface area contributed by atoms with E-state index in [0.29, 0.717) is 22.3 Å². The lowest BCUT2D eigenvalue weighted by molar-refractivity contribution is -0.138. The van der Waals surface area contributed by atoms with E-state index in [1.165, 1.54) is 104 Å². The van der Waals surface area contributed by atoms with Gasteiger partial charge in [-0.25, -0.2) is 57.1 Å². The van der Waals surface area contributed by atoms with Gasteiger partial charge in [-0.2, -0.15) is 39.5 Å². The van der Waals surface area contributed by atoms with Gasteiger partial charge in [0.2, 0.25) is 11.6 Å². The summed E-state index contributed by atoms with van der Waals surface area (Å²) in [5, 5.41) is 0. The second kappa shape index (κ2) is 39.0. The van der Waals surface area contributed by atoms with E-state index in [0.717, 1.165) is 62.0 Å². The van der Waals surface area contributed by atoms with E-state index >= 15 is 0 Å². The summed E-state index contributed by atoms with van der Waals surface area (Å²) in [4.78, 5) is 0. The number of hydrogen-bond donors (Lipinski definition) is 0. The minimum atomic E-state index is -4.26. The van der Waals surface area contributed by atoms with Crippen molar-refractivity contribution in [1.29, 1.82) is 0 Å². The molecule has 104 heavy (non-hydrogen) atoms. The fourth-order valence-electron chi connectivity index (χ4n) is 9.08. The molecule has 588 valence electrons. The largest absolute Gasteiger partial charge is 0.570 e. The maximum Gasteiger partial charge on any atom is 0.416 e. The quantitative estimate of drug-likeness (QED) is 0.0357. The molecule has 0 saturated carbocycles. The molecule has 2 nitrogen and oxygen atoms in total. The summed E-state index contributed by atoms with van der Waals surface area (Å²) in [6.45, 7) is 47.6. The Morgan fingerprint density at radius 2 is 0.423 bits per heavy atom. The zero-order chi connectivity index (χ0) is 82.1. The van der Waals surface area contributed by atoms with E-state index in [9.17, 15) is 96.6 Å². The van der Waals surface area contributed by atoms with Gasteiger partial charge in [0.1, 0.15) is 33.1 Å². The maximum atomic E-state index is 13.2. The second-order valence-corrected chi connectivity index (χ2v) is 32.1. The van der Waals surface area contributed by atoms with Crippen LogP contribution in [0.3, 0.4) is 0 Å². The summed E-state index contributed by atoms with van der Waals surface area (Å²) in [6.07, 6.45) is -7.52. The molecule has 2 saturated heterocycles. The van der Waals surface area contributed by atoms with Gasteiger partial charge in [0.15, 0.2) is 64.0 Å². The minimum absolute atomic E-state index is 0.258. The molecule has 2 aliphatic heterocycles. The van der Waals surface area contributed by atoms with Crippen LogP contribution in [0.2, 0.25) is 20.5 Å². The van der Waals surface area contributed by atoms with Crippen molar-refractivity contribution < 1.29 is 105 Å². The molecule has 2 fully saturated rings. The number of alkyl halides is 9. The Bertz CT molecular complexity index is 3230. The van der Waals surface area contributed by atoms with Crippen LogP contribution in [0.1, 0.15) is 217 Å². The van der Waals surface area contributed by atoms with Gasteiger partial charge < -0.3 is 8.73 Å². The highest BCUT2D eigenvalue weighted by molar-refractivity contribution is 6.54. The molecular formula is C79H103BF22O2. The molecule has 0 atom stereocenters. The van der Waals surface area contributed by atoms with Crippen LogP contribution in [0.15, 0.2) is 66.7 Å². The van der Waals surface area contributed by atoms with Crippen molar-refractivity contribution in [2.45, 2.75) is 243 Å². The van der Waals surface area contributed by atoms with Crippen LogP contribution in [0.25, 0.3) is 0 Å². The fourth-order valence-corrected chi connectivity index (χ4v) is 9.08. The van der Waals surface area contributed by atoms with Crippen LogP contribution < -0.4 is 0 Å². The van der Waals surface area contributed by atoms with Crippen LogP contribution >= 0.6 is 0 Å². The average Bonchev–Trinajstić information content (AvgIpc) is 0.866. The summed E-state index contributed by atoms with van der Waals surface area (Å²) in [6, 6.07) is 14.7. The topological polar surface area (TPSA) is 5.40 Å². The van der Waals surface area contributed by atoms with Crippen LogP contribution in [0, 0.1) is 111 Å². The van der Waals surface area contributed by atoms with Crippen LogP contribution in [-0.4, -0.2) is 33.1 Å². The van der Waals surface area contributed by atoms with Crippen molar-refractivity contribution in [2.24, 2.45) is 0 Å². The van der Waals surface area contributed by atoms with E-state index in [-0.39, 0.29) is 21.7 Å². The van der Waals surface area contributed by atoms with Gasteiger partial charge in [-0.1, -0.05) is 194 Å². The first-order valence-corrected chi connectivity index (χ1v) is 33.2. The van der Waals surface area contributed by atoms with Gasteiger partial charge in [0.25, 0.3) is 0 Å². The lowest BCUT2D eigenvalue weighted by Gasteiger charge is -2.21. The number of halogens is 22. The predicted molar refractivity (Wildman–Crippen MR) is 374 cm³/mol. The van der Waals surface area contributed by atoms with Crippen molar-refractivity contribution in [3.63, 3.8) is 0 Å². The monoisotopic (exact) mass is 1510 g/mol. The molecule has 0 amide bonds. The molecule has 0 radical (unpaired) electrons. The molecule has 0 bridgehead atoms. The van der Waals surface area contributed by atoms with Gasteiger partial charge in [-0.15, -0.1) is 0 Å². The normalized spacial score (nSPS) is 13.8. The predicted octanol–water partition coefficient (Wildman–Crippen LogP) is 27.3. The highest BCUT2D eigenvalue weighted by Gasteiger charge is 2.37. The van der Waals surface area contributed by atoms with E-state index in [4.69, 9.17) is 0 Å². The summed E-state index contributed by atoms with van der Waals surface area (Å²) in [5.74, 6) is -22.6. The molecule has 6 aromatic carbocycles. The van der Waals surface area contributed by atoms with Crippen LogP contribution in [-0.2, 0) is 59.8 Å². The minimum Gasteiger partial charge on any atom is -0.570 e. The summed E-state index contributed by atoms with van der Waals surface area (Å²) in [5.41, 5.74) is -2.18. The number of benzene rings is 6. The third kappa shape index (κ3) is 32.9. The third-order valence-corrected chi connectivity index (χ3v) is 14.8. The Morgan fingerprint density at radius 3 is 0.567 bits per heavy atom. The SMILES string of the molecule is CB(C)C.CC(C)(C)c1c(F)c(F)c(F)c(F)c1F.CC(C)(C)c1c(F)c(F)c(F)c(F)c1F.CC(C)(C)c1cc(F)c(F)c(F)c1.Cc1cc(C(C)(C)C)cc(C(F)(F)F)c1.Cc1cc(C(C)(C)C)cc(C(F)(F)F)c1.Cc1cc(C(C)(C)C)cc(C(F)(F)F)c1.[CH2-][O+]1CCCC1.[CH2-][O+]1CCCC1. The van der Waals surface area contributed by atoms with Crippen molar-refractivity contribution >= 4 is 6.71 Å². The summed E-state index contributed by atoms with van der Waals surface area (Å²) < 4.78 is 286. The molecule has 0 unspecified atom stereocenters. The van der Waals surface area contributed by atoms with Crippen molar-refractivity contribution in [3.05, 3.63) is 223 Å². The summed E-state index contributed by atoms with van der Waals surface area (Å²) in [7, 11) is 7.38. The maximum absolute atomic E-state index is 13.2. The average molecular weight is 1510 g/mol. The van der Waals surface area contributed by atoms with Gasteiger partial charge in [0.05, 0.1) is 16.7 Å². The first kappa shape index (κ1) is 97.8. The Balaban J connectivity index is 0.00000117. The molecule has 0 spiro atoms. The molecule has 2 aliphatic rings. The van der Waals surface area contributed by atoms with Gasteiger partial charge in [-0.05, 0) is 124 Å². The fraction of sp³-hybridized carbons (Fsp3) is 0.519. The molecule has 0 aliphatic carbocycles. The smallest absolute Gasteiger partial charge is 0.416 e. The summed E-state index contributed by atoms with van der Waals surface area (Å²) >= 11 is 0. The van der Waals surface area contributed by atoms with Gasteiger partial charge in [0, 0.05) is 36.8 Å². The standard InChI is InChI=1S/3C12H15F3.2C10H9F5.C10H11F3.2C5H10O.C3H9B/c3*1-8-5-9(11(2,3)4)7-10(6-8)12(13,14)15;2*1-10(2,3)4-5(11)7(13)9(15)8(14)6(4)12;1-10(2,3)6-4-7(11)9(13)8(12)5-6;2*1-6-4-2-3-5-6;1-4(2)3/h3*5-7H,1-4H3;2*1-3H3;4-5H,1-3H3;2*1-5H2;1-3H3. The molecule has 6 aromatic rings. The van der Waals surface area contributed by atoms with E-state index in [1.54, 1.807) is 59.7 Å². The zero-order valence-corrected chi connectivity index (χ0v) is 64.1. The van der Waals surface area contributed by atoms with Gasteiger partial charge >= 0.3 is 18.5 Å². The highest BCUT2D eigenvalue weighted by atomic mass is 19.4. The molecule has 8 rings (SSSR count). The van der Waals surface area contributed by atoms with Crippen LogP contribution in [0.4, 0.5) is 96.6 Å². The van der Waals surface area contributed by atoms with E-state index < -0.39 is 133 Å². The highest BCUT2D eigenvalue weighted by Crippen LogP contribution is 2.39. The Kier molecular flexibility index (Phi) is 36.7. The molecule has 2 heterocycles. The molecule has 0 N–H and O–H groups in total. The lowest BCUT2D eigenvalue weighted by Crippen LogP contribution is -2.20. The second-order valence-electron chi connectivity index (χ2n) is 32.1. The number of aryl methyl sites for hydroxylation is 3. The third-order valence-electron chi connectivity index (χ3n) is 14.8. The van der Waals surface area contributed by atoms with Crippen LogP contribution in [0.5, 0.6) is 0 Å². The number of hydrogen-bond acceptors (Lipinski definition) is 0.